The van der Waals surface area contributed by atoms with Crippen LogP contribution >= 0.6 is 11.6 Å². The van der Waals surface area contributed by atoms with E-state index in [0.717, 1.165) is 5.56 Å². The van der Waals surface area contributed by atoms with Gasteiger partial charge < -0.3 is 0 Å². The Morgan fingerprint density at radius 1 is 1.38 bits per heavy atom. The summed E-state index contributed by atoms with van der Waals surface area (Å²) < 4.78 is 16.3. The molecular weight excluding hydrogens is 295 g/mol. The van der Waals surface area contributed by atoms with Gasteiger partial charge in [-0.3, -0.25) is 9.36 Å². The summed E-state index contributed by atoms with van der Waals surface area (Å²) in [6, 6.07) is 4.38. The predicted molar refractivity (Wildman–Crippen MR) is 78.0 cm³/mol. The van der Waals surface area contributed by atoms with Crippen LogP contribution in [0.25, 0.3) is 11.0 Å². The third-order valence-electron chi connectivity index (χ3n) is 3.26. The van der Waals surface area contributed by atoms with Crippen molar-refractivity contribution in [3.8, 4) is 0 Å². The molecule has 0 saturated carbocycles. The number of rotatable bonds is 3. The molecule has 0 unspecified atom stereocenters. The summed E-state index contributed by atoms with van der Waals surface area (Å²) in [6.45, 7) is 2.85. The van der Waals surface area contributed by atoms with E-state index in [9.17, 15) is 9.18 Å². The summed E-state index contributed by atoms with van der Waals surface area (Å²) in [5.41, 5.74) is 1.11. The molecule has 0 N–H and O–H groups in total. The van der Waals surface area contributed by atoms with E-state index < -0.39 is 5.82 Å². The van der Waals surface area contributed by atoms with Crippen LogP contribution in [0.2, 0.25) is 5.02 Å². The largest absolute Gasteiger partial charge is 0.294 e. The molecule has 1 aromatic carbocycles. The van der Waals surface area contributed by atoms with Gasteiger partial charge in [-0.15, -0.1) is 0 Å². The van der Waals surface area contributed by atoms with Crippen LogP contribution in [0, 0.1) is 5.82 Å². The number of hydrogen-bond acceptors (Lipinski definition) is 3. The van der Waals surface area contributed by atoms with Crippen molar-refractivity contribution in [3.63, 3.8) is 0 Å². The van der Waals surface area contributed by atoms with Gasteiger partial charge in [-0.25, -0.2) is 14.1 Å². The second kappa shape index (κ2) is 5.29. The minimum atomic E-state index is -0.481. The summed E-state index contributed by atoms with van der Waals surface area (Å²) >= 11 is 5.75. The first kappa shape index (κ1) is 13.8. The van der Waals surface area contributed by atoms with Gasteiger partial charge >= 0.3 is 0 Å². The van der Waals surface area contributed by atoms with Crippen molar-refractivity contribution in [1.82, 2.24) is 19.3 Å². The quantitative estimate of drug-likeness (QED) is 0.747. The second-order valence-corrected chi connectivity index (χ2v) is 5.03. The molecule has 0 aliphatic heterocycles. The topological polar surface area (TPSA) is 52.7 Å². The molecule has 2 aromatic heterocycles. The molecule has 3 rings (SSSR count). The van der Waals surface area contributed by atoms with Crippen molar-refractivity contribution in [1.29, 1.82) is 0 Å². The van der Waals surface area contributed by atoms with E-state index in [2.05, 4.69) is 10.1 Å². The molecule has 0 aliphatic rings. The molecule has 0 saturated heterocycles. The van der Waals surface area contributed by atoms with E-state index >= 15 is 0 Å². The SMILES string of the molecule is CCn1ncc2c(=O)n(Cc3ccc(F)c(Cl)c3)cnc21. The summed E-state index contributed by atoms with van der Waals surface area (Å²) in [7, 11) is 0. The highest BCUT2D eigenvalue weighted by atomic mass is 35.5. The second-order valence-electron chi connectivity index (χ2n) is 4.62. The summed E-state index contributed by atoms with van der Waals surface area (Å²) in [6.07, 6.45) is 2.98. The smallest absolute Gasteiger partial charge is 0.264 e. The molecule has 0 fully saturated rings. The van der Waals surface area contributed by atoms with E-state index in [1.165, 1.54) is 29.2 Å². The maximum absolute atomic E-state index is 13.1. The van der Waals surface area contributed by atoms with Crippen molar-refractivity contribution in [2.75, 3.05) is 0 Å². The summed E-state index contributed by atoms with van der Waals surface area (Å²) in [5, 5.41) is 4.62. The first-order valence-electron chi connectivity index (χ1n) is 6.45. The zero-order valence-electron chi connectivity index (χ0n) is 11.3. The lowest BCUT2D eigenvalue weighted by molar-refractivity contribution is 0.626. The van der Waals surface area contributed by atoms with Gasteiger partial charge in [0.05, 0.1) is 17.8 Å². The van der Waals surface area contributed by atoms with Gasteiger partial charge in [0.25, 0.3) is 5.56 Å². The maximum Gasteiger partial charge on any atom is 0.264 e. The fraction of sp³-hybridized carbons (Fsp3) is 0.214. The number of benzene rings is 1. The van der Waals surface area contributed by atoms with E-state index in [-0.39, 0.29) is 17.1 Å². The molecule has 5 nitrogen and oxygen atoms in total. The molecule has 0 radical (unpaired) electrons. The molecule has 0 spiro atoms. The van der Waals surface area contributed by atoms with Gasteiger partial charge in [-0.05, 0) is 24.6 Å². The predicted octanol–water partition coefficient (Wildman–Crippen LogP) is 2.45. The number of aromatic nitrogens is 4. The number of halogens is 2. The van der Waals surface area contributed by atoms with Crippen LogP contribution in [-0.4, -0.2) is 19.3 Å². The van der Waals surface area contributed by atoms with Crippen LogP contribution in [0.4, 0.5) is 4.39 Å². The first-order valence-corrected chi connectivity index (χ1v) is 6.83. The normalized spacial score (nSPS) is 11.2. The van der Waals surface area contributed by atoms with E-state index in [0.29, 0.717) is 17.6 Å². The van der Waals surface area contributed by atoms with Crippen LogP contribution in [0.3, 0.4) is 0 Å². The highest BCUT2D eigenvalue weighted by molar-refractivity contribution is 6.30. The number of fused-ring (bicyclic) bond motifs is 1. The van der Waals surface area contributed by atoms with Gasteiger partial charge in [0.1, 0.15) is 17.5 Å². The van der Waals surface area contributed by atoms with Crippen LogP contribution in [0.5, 0.6) is 0 Å². The molecule has 7 heteroatoms. The Kier molecular flexibility index (Phi) is 3.47. The van der Waals surface area contributed by atoms with Crippen molar-refractivity contribution < 1.29 is 4.39 Å². The number of hydrogen-bond donors (Lipinski definition) is 0. The average Bonchev–Trinajstić information content (AvgIpc) is 2.89. The van der Waals surface area contributed by atoms with E-state index in [4.69, 9.17) is 11.6 Å². The Morgan fingerprint density at radius 2 is 2.19 bits per heavy atom. The van der Waals surface area contributed by atoms with Crippen molar-refractivity contribution in [2.45, 2.75) is 20.0 Å². The lowest BCUT2D eigenvalue weighted by Crippen LogP contribution is -2.21. The van der Waals surface area contributed by atoms with Crippen molar-refractivity contribution in [3.05, 3.63) is 57.5 Å². The van der Waals surface area contributed by atoms with Crippen LogP contribution in [0.15, 0.2) is 35.5 Å². The Labute approximate surface area is 124 Å². The van der Waals surface area contributed by atoms with Crippen LogP contribution in [-0.2, 0) is 13.1 Å². The molecule has 21 heavy (non-hydrogen) atoms. The zero-order valence-corrected chi connectivity index (χ0v) is 12.0. The van der Waals surface area contributed by atoms with Crippen LogP contribution < -0.4 is 5.56 Å². The summed E-state index contributed by atoms with van der Waals surface area (Å²) in [4.78, 5) is 16.6. The van der Waals surface area contributed by atoms with Gasteiger partial charge in [0, 0.05) is 6.54 Å². The molecule has 0 bridgehead atoms. The van der Waals surface area contributed by atoms with Gasteiger partial charge in [0.2, 0.25) is 0 Å². The highest BCUT2D eigenvalue weighted by Gasteiger charge is 2.10. The standard InChI is InChI=1S/C14H12ClFN4O/c1-2-20-13-10(6-18-20)14(21)19(8-17-13)7-9-3-4-12(16)11(15)5-9/h3-6,8H,2,7H2,1H3. The highest BCUT2D eigenvalue weighted by Crippen LogP contribution is 2.16. The molecule has 0 atom stereocenters. The molecule has 2 heterocycles. The lowest BCUT2D eigenvalue weighted by atomic mass is 10.2. The van der Waals surface area contributed by atoms with E-state index in [1.54, 1.807) is 10.7 Å². The minimum Gasteiger partial charge on any atom is -0.294 e. The minimum absolute atomic E-state index is 0.0355. The monoisotopic (exact) mass is 306 g/mol. The number of aryl methyl sites for hydroxylation is 1. The Hall–Kier alpha value is -2.21. The summed E-state index contributed by atoms with van der Waals surface area (Å²) in [5.74, 6) is -0.481. The average molecular weight is 307 g/mol. The zero-order chi connectivity index (χ0) is 15.0. The Balaban J connectivity index is 2.03. The van der Waals surface area contributed by atoms with E-state index in [1.807, 2.05) is 6.92 Å². The maximum atomic E-state index is 13.1. The molecule has 0 amide bonds. The first-order chi connectivity index (χ1) is 10.1. The molecule has 3 aromatic rings. The van der Waals surface area contributed by atoms with Crippen molar-refractivity contribution >= 4 is 22.6 Å². The third kappa shape index (κ3) is 2.42. The fourth-order valence-corrected chi connectivity index (χ4v) is 2.38. The van der Waals surface area contributed by atoms with Gasteiger partial charge in [-0.2, -0.15) is 5.10 Å². The number of nitrogens with zero attached hydrogens (tertiary/aromatic N) is 4. The molecule has 0 aliphatic carbocycles. The van der Waals surface area contributed by atoms with Crippen LogP contribution in [0.1, 0.15) is 12.5 Å². The Morgan fingerprint density at radius 3 is 2.90 bits per heavy atom. The van der Waals surface area contributed by atoms with Gasteiger partial charge in [-0.1, -0.05) is 17.7 Å². The Bertz CT molecular complexity index is 871. The third-order valence-corrected chi connectivity index (χ3v) is 3.55. The fourth-order valence-electron chi connectivity index (χ4n) is 2.18. The lowest BCUT2D eigenvalue weighted by Gasteiger charge is -2.06. The van der Waals surface area contributed by atoms with Crippen molar-refractivity contribution in [2.24, 2.45) is 0 Å². The molecular formula is C14H12ClFN4O. The molecule has 108 valence electrons. The van der Waals surface area contributed by atoms with Gasteiger partial charge in [0.15, 0.2) is 5.65 Å².